The summed E-state index contributed by atoms with van der Waals surface area (Å²) in [4.78, 5) is 38.2. The molecule has 38 heavy (non-hydrogen) atoms. The highest BCUT2D eigenvalue weighted by Gasteiger charge is 2.33. The molecule has 0 N–H and O–H groups in total. The third kappa shape index (κ3) is 5.01. The molecule has 3 aromatic rings. The zero-order valence-corrected chi connectivity index (χ0v) is 23.2. The number of thiocarbonyl (C=S) groups is 1. The van der Waals surface area contributed by atoms with Gasteiger partial charge in [-0.15, -0.1) is 0 Å². The van der Waals surface area contributed by atoms with E-state index >= 15 is 0 Å². The normalized spacial score (nSPS) is 17.2. The van der Waals surface area contributed by atoms with Gasteiger partial charge in [-0.05, 0) is 48.9 Å². The third-order valence-electron chi connectivity index (χ3n) is 6.75. The Morgan fingerprint density at radius 1 is 1.05 bits per heavy atom. The number of methoxy groups -OCH3 is 2. The van der Waals surface area contributed by atoms with Gasteiger partial charge in [0.25, 0.3) is 11.5 Å². The number of aryl methyl sites for hydroxylation is 1. The number of ether oxygens (including phenoxy) is 2. The quantitative estimate of drug-likeness (QED) is 0.325. The predicted octanol–water partition coefficient (Wildman–Crippen LogP) is 3.19. The van der Waals surface area contributed by atoms with E-state index in [4.69, 9.17) is 26.7 Å². The van der Waals surface area contributed by atoms with Gasteiger partial charge in [-0.3, -0.25) is 18.9 Å². The number of fused-ring (bicyclic) bond motifs is 1. The smallest absolute Gasteiger partial charge is 0.267 e. The minimum absolute atomic E-state index is 0.214. The van der Waals surface area contributed by atoms with Crippen molar-refractivity contribution in [2.24, 2.45) is 0 Å². The molecule has 2 aromatic heterocycles. The zero-order valence-electron chi connectivity index (χ0n) is 21.5. The van der Waals surface area contributed by atoms with E-state index in [-0.39, 0.29) is 11.5 Å². The summed E-state index contributed by atoms with van der Waals surface area (Å²) < 4.78 is 12.4. The molecule has 11 heteroatoms. The molecule has 0 saturated carbocycles. The molecule has 0 unspecified atom stereocenters. The van der Waals surface area contributed by atoms with Crippen molar-refractivity contribution in [2.45, 2.75) is 6.92 Å². The average molecular weight is 552 g/mol. The molecule has 2 aliphatic rings. The number of hydrogen-bond donors (Lipinski definition) is 0. The van der Waals surface area contributed by atoms with Gasteiger partial charge >= 0.3 is 0 Å². The second-order valence-corrected chi connectivity index (χ2v) is 10.7. The summed E-state index contributed by atoms with van der Waals surface area (Å²) in [5.74, 6) is 1.18. The molecule has 2 saturated heterocycles. The van der Waals surface area contributed by atoms with Crippen LogP contribution in [-0.4, -0.2) is 78.1 Å². The number of pyridine rings is 1. The van der Waals surface area contributed by atoms with Crippen molar-refractivity contribution in [3.8, 4) is 5.75 Å². The van der Waals surface area contributed by atoms with Crippen LogP contribution < -0.4 is 20.1 Å². The molecule has 1 aromatic carbocycles. The van der Waals surface area contributed by atoms with Crippen molar-refractivity contribution >= 4 is 57.4 Å². The molecule has 0 bridgehead atoms. The first kappa shape index (κ1) is 26.2. The topological polar surface area (TPSA) is 79.6 Å². The van der Waals surface area contributed by atoms with Gasteiger partial charge in [0, 0.05) is 45.2 Å². The highest BCUT2D eigenvalue weighted by atomic mass is 32.2. The maximum atomic E-state index is 13.8. The Morgan fingerprint density at radius 3 is 2.45 bits per heavy atom. The summed E-state index contributed by atoms with van der Waals surface area (Å²) in [6, 6.07) is 11.8. The van der Waals surface area contributed by atoms with Crippen molar-refractivity contribution < 1.29 is 14.3 Å². The summed E-state index contributed by atoms with van der Waals surface area (Å²) in [6.45, 7) is 5.56. The number of anilines is 2. The minimum Gasteiger partial charge on any atom is -0.497 e. The van der Waals surface area contributed by atoms with Crippen LogP contribution in [0.25, 0.3) is 11.7 Å². The molecular formula is C27H29N5O4S2. The number of amides is 1. The van der Waals surface area contributed by atoms with Crippen LogP contribution in [0, 0.1) is 6.92 Å². The lowest BCUT2D eigenvalue weighted by atomic mass is 10.2. The Bertz CT molecular complexity index is 1460. The number of carbonyl (C=O) groups is 1. The lowest BCUT2D eigenvalue weighted by Gasteiger charge is -2.37. The molecule has 198 valence electrons. The first-order chi connectivity index (χ1) is 18.4. The van der Waals surface area contributed by atoms with E-state index in [1.165, 1.54) is 16.7 Å². The van der Waals surface area contributed by atoms with Gasteiger partial charge in [0.05, 0.1) is 30.7 Å². The van der Waals surface area contributed by atoms with Crippen LogP contribution in [0.2, 0.25) is 0 Å². The standard InChI is InChI=1S/C27H29N5O4S2/c1-18-5-4-10-31-23(18)28-24(30-13-11-29(12-14-30)19-6-8-20(36-3)9-7-19)21(25(31)33)17-22-26(34)32(15-16-35-2)27(37)38-22/h4-10,17H,11-16H2,1-3H3/b22-17-. The van der Waals surface area contributed by atoms with Crippen LogP contribution in [0.15, 0.2) is 52.3 Å². The van der Waals surface area contributed by atoms with Gasteiger partial charge in [-0.2, -0.15) is 0 Å². The van der Waals surface area contributed by atoms with Gasteiger partial charge in [0.1, 0.15) is 21.5 Å². The Labute approximate surface area is 230 Å². The third-order valence-corrected chi connectivity index (χ3v) is 8.13. The number of piperazine rings is 1. The Morgan fingerprint density at radius 2 is 1.76 bits per heavy atom. The van der Waals surface area contributed by atoms with E-state index < -0.39 is 0 Å². The summed E-state index contributed by atoms with van der Waals surface area (Å²) in [6.07, 6.45) is 3.37. The fraction of sp³-hybridized carbons (Fsp3) is 0.333. The van der Waals surface area contributed by atoms with Crippen LogP contribution in [0.5, 0.6) is 5.75 Å². The maximum Gasteiger partial charge on any atom is 0.267 e. The lowest BCUT2D eigenvalue weighted by Crippen LogP contribution is -2.47. The number of nitrogens with zero attached hydrogens (tertiary/aromatic N) is 5. The molecular weight excluding hydrogens is 522 g/mol. The summed E-state index contributed by atoms with van der Waals surface area (Å²) in [5.41, 5.74) is 2.80. The summed E-state index contributed by atoms with van der Waals surface area (Å²) >= 11 is 6.63. The molecule has 5 rings (SSSR count). The molecule has 0 aliphatic carbocycles. The number of hydrogen-bond acceptors (Lipinski definition) is 9. The first-order valence-electron chi connectivity index (χ1n) is 12.3. The van der Waals surface area contributed by atoms with Gasteiger partial charge in [-0.25, -0.2) is 4.98 Å². The summed E-state index contributed by atoms with van der Waals surface area (Å²) in [7, 11) is 3.24. The number of benzene rings is 1. The fourth-order valence-electron chi connectivity index (χ4n) is 4.64. The summed E-state index contributed by atoms with van der Waals surface area (Å²) in [5, 5.41) is 0. The van der Waals surface area contributed by atoms with Gasteiger partial charge in [0.15, 0.2) is 0 Å². The molecule has 4 heterocycles. The zero-order chi connectivity index (χ0) is 26.8. The highest BCUT2D eigenvalue weighted by molar-refractivity contribution is 8.26. The number of thioether (sulfide) groups is 1. The second kappa shape index (κ2) is 11.1. The van der Waals surface area contributed by atoms with Crippen molar-refractivity contribution in [1.29, 1.82) is 0 Å². The molecule has 1 amide bonds. The SMILES string of the molecule is COCCN1C(=O)/C(=C/c2c(N3CCN(c4ccc(OC)cc4)CC3)nc3c(C)cccn3c2=O)SC1=S. The molecule has 9 nitrogen and oxygen atoms in total. The van der Waals surface area contributed by atoms with Crippen LogP contribution >= 0.6 is 24.0 Å². The first-order valence-corrected chi connectivity index (χ1v) is 13.5. The molecule has 0 atom stereocenters. The van der Waals surface area contributed by atoms with E-state index in [1.54, 1.807) is 30.9 Å². The van der Waals surface area contributed by atoms with E-state index in [9.17, 15) is 9.59 Å². The second-order valence-electron chi connectivity index (χ2n) is 9.04. The van der Waals surface area contributed by atoms with E-state index in [0.29, 0.717) is 52.5 Å². The van der Waals surface area contributed by atoms with Crippen molar-refractivity contribution in [2.75, 3.05) is 63.4 Å². The van der Waals surface area contributed by atoms with Crippen LogP contribution in [-0.2, 0) is 9.53 Å². The number of rotatable bonds is 7. The monoisotopic (exact) mass is 551 g/mol. The van der Waals surface area contributed by atoms with Gasteiger partial charge in [-0.1, -0.05) is 30.0 Å². The number of carbonyl (C=O) groups excluding carboxylic acids is 1. The Hall–Kier alpha value is -3.41. The molecule has 2 fully saturated rings. The maximum absolute atomic E-state index is 13.8. The Kier molecular flexibility index (Phi) is 7.68. The minimum atomic E-state index is -0.221. The van der Waals surface area contributed by atoms with E-state index in [2.05, 4.69) is 21.9 Å². The van der Waals surface area contributed by atoms with E-state index in [0.717, 1.165) is 30.1 Å². The predicted molar refractivity (Wildman–Crippen MR) is 155 cm³/mol. The molecule has 2 aliphatic heterocycles. The Balaban J connectivity index is 1.50. The van der Waals surface area contributed by atoms with Crippen LogP contribution in [0.1, 0.15) is 11.1 Å². The van der Waals surface area contributed by atoms with Crippen LogP contribution in [0.4, 0.5) is 11.5 Å². The van der Waals surface area contributed by atoms with Gasteiger partial charge < -0.3 is 19.3 Å². The molecule has 0 spiro atoms. The van der Waals surface area contributed by atoms with Crippen molar-refractivity contribution in [1.82, 2.24) is 14.3 Å². The van der Waals surface area contributed by atoms with Gasteiger partial charge in [0.2, 0.25) is 0 Å². The van der Waals surface area contributed by atoms with E-state index in [1.807, 2.05) is 31.2 Å². The fourth-order valence-corrected chi connectivity index (χ4v) is 5.93. The molecule has 0 radical (unpaired) electrons. The number of aromatic nitrogens is 2. The van der Waals surface area contributed by atoms with Crippen LogP contribution in [0.3, 0.4) is 0 Å². The van der Waals surface area contributed by atoms with Crippen molar-refractivity contribution in [3.05, 3.63) is 69.0 Å². The average Bonchev–Trinajstić information content (AvgIpc) is 3.21. The highest BCUT2D eigenvalue weighted by Crippen LogP contribution is 2.34. The largest absolute Gasteiger partial charge is 0.497 e. The lowest BCUT2D eigenvalue weighted by molar-refractivity contribution is -0.122. The van der Waals surface area contributed by atoms with Crippen molar-refractivity contribution in [3.63, 3.8) is 0 Å².